The van der Waals surface area contributed by atoms with Crippen molar-refractivity contribution in [2.24, 2.45) is 0 Å². The van der Waals surface area contributed by atoms with Crippen molar-refractivity contribution < 1.29 is 0 Å². The van der Waals surface area contributed by atoms with E-state index < -0.39 is 5.41 Å². The van der Waals surface area contributed by atoms with Crippen LogP contribution in [0.2, 0.25) is 0 Å². The molecule has 1 aliphatic rings. The highest BCUT2D eigenvalue weighted by atomic mass is 127. The van der Waals surface area contributed by atoms with Crippen molar-refractivity contribution in [3.05, 3.63) is 115 Å². The van der Waals surface area contributed by atoms with Crippen molar-refractivity contribution in [2.75, 3.05) is 0 Å². The molecule has 130 valence electrons. The molecule has 2 nitrogen and oxygen atoms in total. The van der Waals surface area contributed by atoms with E-state index >= 15 is 0 Å². The van der Waals surface area contributed by atoms with Crippen molar-refractivity contribution >= 4 is 45.2 Å². The van der Waals surface area contributed by atoms with E-state index in [1.165, 1.54) is 29.4 Å². The standard InChI is InChI=1S/C23H14I2N2/c24-17-9-5-15(6-10-17)23(16-7-11-18(25)12-8-16)19-3-1-13-26-21(19)22-20(23)4-2-14-27-22/h1-14H. The number of rotatable bonds is 2. The molecule has 2 aromatic carbocycles. The number of benzene rings is 2. The largest absolute Gasteiger partial charge is 0.254 e. The molecule has 0 spiro atoms. The van der Waals surface area contributed by atoms with Gasteiger partial charge in [-0.2, -0.15) is 0 Å². The van der Waals surface area contributed by atoms with Gasteiger partial charge in [0.1, 0.15) is 0 Å². The molecule has 2 aromatic heterocycles. The molecule has 0 radical (unpaired) electrons. The second kappa shape index (κ2) is 6.67. The Bertz CT molecular complexity index is 1040. The Hall–Kier alpha value is -1.80. The monoisotopic (exact) mass is 572 g/mol. The molecule has 0 unspecified atom stereocenters. The molecule has 0 bridgehead atoms. The highest BCUT2D eigenvalue weighted by Crippen LogP contribution is 2.54. The minimum absolute atomic E-state index is 0.401. The zero-order valence-corrected chi connectivity index (χ0v) is 18.5. The van der Waals surface area contributed by atoms with E-state index in [9.17, 15) is 0 Å². The summed E-state index contributed by atoms with van der Waals surface area (Å²) in [6.45, 7) is 0. The van der Waals surface area contributed by atoms with Gasteiger partial charge in [-0.15, -0.1) is 0 Å². The maximum atomic E-state index is 4.72. The first kappa shape index (κ1) is 17.3. The minimum Gasteiger partial charge on any atom is -0.254 e. The molecular weight excluding hydrogens is 558 g/mol. The lowest BCUT2D eigenvalue weighted by molar-refractivity contribution is 0.764. The summed E-state index contributed by atoms with van der Waals surface area (Å²) in [5, 5.41) is 0. The van der Waals surface area contributed by atoms with Gasteiger partial charge in [0.25, 0.3) is 0 Å². The molecule has 0 aliphatic heterocycles. The van der Waals surface area contributed by atoms with Crippen LogP contribution >= 0.6 is 45.2 Å². The van der Waals surface area contributed by atoms with Crippen molar-refractivity contribution in [1.82, 2.24) is 9.97 Å². The highest BCUT2D eigenvalue weighted by molar-refractivity contribution is 14.1. The number of hydrogen-bond donors (Lipinski definition) is 0. The molecule has 2 heterocycles. The van der Waals surface area contributed by atoms with Gasteiger partial charge in [-0.05, 0) is 104 Å². The maximum absolute atomic E-state index is 4.72. The van der Waals surface area contributed by atoms with Crippen LogP contribution in [0.15, 0.2) is 85.2 Å². The molecule has 0 saturated heterocycles. The average Bonchev–Trinajstić information content (AvgIpc) is 3.01. The van der Waals surface area contributed by atoms with E-state index in [1.807, 2.05) is 24.5 Å². The van der Waals surface area contributed by atoms with Crippen LogP contribution in [0.1, 0.15) is 22.3 Å². The van der Waals surface area contributed by atoms with Crippen LogP contribution in [0.3, 0.4) is 0 Å². The van der Waals surface area contributed by atoms with Gasteiger partial charge in [-0.3, -0.25) is 9.97 Å². The van der Waals surface area contributed by atoms with Crippen molar-refractivity contribution in [3.8, 4) is 11.4 Å². The van der Waals surface area contributed by atoms with Gasteiger partial charge in [0.05, 0.1) is 16.8 Å². The number of aromatic nitrogens is 2. The molecule has 1 aliphatic carbocycles. The fourth-order valence-electron chi connectivity index (χ4n) is 4.13. The predicted octanol–water partition coefficient (Wildman–Crippen LogP) is 6.05. The lowest BCUT2D eigenvalue weighted by atomic mass is 9.68. The van der Waals surface area contributed by atoms with Crippen molar-refractivity contribution in [1.29, 1.82) is 0 Å². The molecular formula is C23H14I2N2. The molecule has 0 atom stereocenters. The normalized spacial score (nSPS) is 13.9. The van der Waals surface area contributed by atoms with E-state index in [1.54, 1.807) is 0 Å². The van der Waals surface area contributed by atoms with Gasteiger partial charge in [-0.25, -0.2) is 0 Å². The smallest absolute Gasteiger partial charge is 0.0937 e. The lowest BCUT2D eigenvalue weighted by Gasteiger charge is -2.33. The Morgan fingerprint density at radius 2 is 0.963 bits per heavy atom. The summed E-state index contributed by atoms with van der Waals surface area (Å²) in [7, 11) is 0. The van der Waals surface area contributed by atoms with Gasteiger partial charge in [0, 0.05) is 19.5 Å². The van der Waals surface area contributed by atoms with E-state index in [2.05, 4.69) is 106 Å². The third-order valence-electron chi connectivity index (χ3n) is 5.20. The van der Waals surface area contributed by atoms with Crippen LogP contribution in [0.25, 0.3) is 11.4 Å². The first-order valence-electron chi connectivity index (χ1n) is 8.64. The Kier molecular flexibility index (Phi) is 4.27. The van der Waals surface area contributed by atoms with E-state index in [4.69, 9.17) is 9.97 Å². The van der Waals surface area contributed by atoms with Gasteiger partial charge in [0.15, 0.2) is 0 Å². The average molecular weight is 572 g/mol. The van der Waals surface area contributed by atoms with Gasteiger partial charge in [0.2, 0.25) is 0 Å². The SMILES string of the molecule is Ic1ccc(C2(c3ccc(I)cc3)c3cccnc3-c3ncccc32)cc1. The highest BCUT2D eigenvalue weighted by Gasteiger charge is 2.47. The number of hydrogen-bond acceptors (Lipinski definition) is 2. The zero-order chi connectivity index (χ0) is 18.4. The Morgan fingerprint density at radius 3 is 1.37 bits per heavy atom. The van der Waals surface area contributed by atoms with Gasteiger partial charge < -0.3 is 0 Å². The summed E-state index contributed by atoms with van der Waals surface area (Å²) < 4.78 is 2.45. The summed E-state index contributed by atoms with van der Waals surface area (Å²) in [5.74, 6) is 0. The molecule has 0 fully saturated rings. The topological polar surface area (TPSA) is 25.8 Å². The fourth-order valence-corrected chi connectivity index (χ4v) is 4.85. The molecule has 0 amide bonds. The second-order valence-corrected chi connectivity index (χ2v) is 9.05. The maximum Gasteiger partial charge on any atom is 0.0937 e. The zero-order valence-electron chi connectivity index (χ0n) is 14.2. The summed E-state index contributed by atoms with van der Waals surface area (Å²) >= 11 is 4.72. The Balaban J connectivity index is 1.94. The minimum atomic E-state index is -0.401. The van der Waals surface area contributed by atoms with Crippen LogP contribution in [0.4, 0.5) is 0 Å². The predicted molar refractivity (Wildman–Crippen MR) is 125 cm³/mol. The molecule has 0 saturated carbocycles. The molecule has 0 N–H and O–H groups in total. The number of pyridine rings is 2. The number of halogens is 2. The van der Waals surface area contributed by atoms with Crippen LogP contribution in [0.5, 0.6) is 0 Å². The van der Waals surface area contributed by atoms with Crippen molar-refractivity contribution in [3.63, 3.8) is 0 Å². The third-order valence-corrected chi connectivity index (χ3v) is 6.64. The quantitative estimate of drug-likeness (QED) is 0.241. The summed E-state index contributed by atoms with van der Waals surface area (Å²) in [6, 6.07) is 26.1. The molecule has 4 heteroatoms. The van der Waals surface area contributed by atoms with E-state index in [0.29, 0.717) is 0 Å². The molecule has 5 rings (SSSR count). The summed E-state index contributed by atoms with van der Waals surface area (Å²) in [5.41, 5.74) is 6.43. The summed E-state index contributed by atoms with van der Waals surface area (Å²) in [4.78, 5) is 9.43. The molecule has 27 heavy (non-hydrogen) atoms. The second-order valence-electron chi connectivity index (χ2n) is 6.56. The Morgan fingerprint density at radius 1 is 0.556 bits per heavy atom. The van der Waals surface area contributed by atoms with Crippen LogP contribution < -0.4 is 0 Å². The summed E-state index contributed by atoms with van der Waals surface area (Å²) in [6.07, 6.45) is 3.71. The van der Waals surface area contributed by atoms with E-state index in [-0.39, 0.29) is 0 Å². The number of nitrogens with zero attached hydrogens (tertiary/aromatic N) is 2. The third kappa shape index (κ3) is 2.56. The first-order chi connectivity index (χ1) is 13.2. The van der Waals surface area contributed by atoms with Crippen LogP contribution in [-0.2, 0) is 5.41 Å². The fraction of sp³-hybridized carbons (Fsp3) is 0.0435. The molecule has 4 aromatic rings. The van der Waals surface area contributed by atoms with Crippen LogP contribution in [0, 0.1) is 7.14 Å². The number of fused-ring (bicyclic) bond motifs is 3. The van der Waals surface area contributed by atoms with Gasteiger partial charge >= 0.3 is 0 Å². The van der Waals surface area contributed by atoms with E-state index in [0.717, 1.165) is 11.4 Å². The van der Waals surface area contributed by atoms with Crippen molar-refractivity contribution in [2.45, 2.75) is 5.41 Å². The Labute approximate surface area is 185 Å². The first-order valence-corrected chi connectivity index (χ1v) is 10.8. The lowest BCUT2D eigenvalue weighted by Crippen LogP contribution is -2.28. The van der Waals surface area contributed by atoms with Gasteiger partial charge in [-0.1, -0.05) is 36.4 Å². The van der Waals surface area contributed by atoms with Crippen LogP contribution in [-0.4, -0.2) is 9.97 Å².